The van der Waals surface area contributed by atoms with Crippen LogP contribution < -0.4 is 0 Å². The van der Waals surface area contributed by atoms with Gasteiger partial charge >= 0.3 is 0 Å². The molecule has 1 aliphatic rings. The lowest BCUT2D eigenvalue weighted by molar-refractivity contribution is 0.633. The van der Waals surface area contributed by atoms with Gasteiger partial charge in [0.15, 0.2) is 0 Å². The molecule has 0 amide bonds. The van der Waals surface area contributed by atoms with Crippen molar-refractivity contribution in [2.75, 3.05) is 0 Å². The highest BCUT2D eigenvalue weighted by Crippen LogP contribution is 2.67. The summed E-state index contributed by atoms with van der Waals surface area (Å²) in [5, 5.41) is 9.47. The van der Waals surface area contributed by atoms with Gasteiger partial charge in [0.1, 0.15) is 0 Å². The van der Waals surface area contributed by atoms with Gasteiger partial charge in [-0.05, 0) is 24.5 Å². The highest BCUT2D eigenvalue weighted by atomic mass is 14.7. The van der Waals surface area contributed by atoms with Crippen molar-refractivity contribution in [2.24, 2.45) is 5.41 Å². The van der Waals surface area contributed by atoms with E-state index >= 15 is 0 Å². The van der Waals surface area contributed by atoms with Crippen LogP contribution in [0.15, 0.2) is 60.7 Å². The van der Waals surface area contributed by atoms with Gasteiger partial charge in [-0.3, -0.25) is 0 Å². The Hall–Kier alpha value is -2.07. The van der Waals surface area contributed by atoms with Gasteiger partial charge in [0.2, 0.25) is 0 Å². The van der Waals surface area contributed by atoms with Crippen molar-refractivity contribution in [3.05, 3.63) is 71.8 Å². The second kappa shape index (κ2) is 3.71. The second-order valence-corrected chi connectivity index (χ2v) is 5.26. The minimum atomic E-state index is -0.282. The molecule has 1 unspecified atom stereocenters. The molecule has 1 aliphatic carbocycles. The van der Waals surface area contributed by atoms with Crippen LogP contribution in [-0.2, 0) is 5.41 Å². The molecule has 0 saturated heterocycles. The summed E-state index contributed by atoms with van der Waals surface area (Å²) >= 11 is 0. The van der Waals surface area contributed by atoms with Crippen molar-refractivity contribution in [1.82, 2.24) is 0 Å². The quantitative estimate of drug-likeness (QED) is 0.771. The first-order valence-electron chi connectivity index (χ1n) is 6.25. The fourth-order valence-corrected chi connectivity index (χ4v) is 3.07. The lowest BCUT2D eigenvalue weighted by Crippen LogP contribution is -2.17. The summed E-state index contributed by atoms with van der Waals surface area (Å²) in [7, 11) is 0. The van der Waals surface area contributed by atoms with Gasteiger partial charge in [-0.15, -0.1) is 0 Å². The Bertz CT molecular complexity index is 555. The first-order valence-corrected chi connectivity index (χ1v) is 6.25. The Balaban J connectivity index is 2.18. The van der Waals surface area contributed by atoms with E-state index in [9.17, 15) is 5.26 Å². The number of hydrogen-bond donors (Lipinski definition) is 0. The predicted molar refractivity (Wildman–Crippen MR) is 72.0 cm³/mol. The van der Waals surface area contributed by atoms with Gasteiger partial charge in [0.25, 0.3) is 0 Å². The minimum Gasteiger partial charge on any atom is -0.198 e. The van der Waals surface area contributed by atoms with E-state index in [1.165, 1.54) is 11.1 Å². The van der Waals surface area contributed by atoms with Crippen molar-refractivity contribution in [3.63, 3.8) is 0 Å². The van der Waals surface area contributed by atoms with Gasteiger partial charge < -0.3 is 0 Å². The van der Waals surface area contributed by atoms with Crippen LogP contribution in [0.25, 0.3) is 0 Å². The van der Waals surface area contributed by atoms with Crippen molar-refractivity contribution >= 4 is 0 Å². The van der Waals surface area contributed by atoms with E-state index in [1.807, 2.05) is 12.1 Å². The summed E-state index contributed by atoms with van der Waals surface area (Å²) in [6.45, 7) is 2.06. The molecule has 0 bridgehead atoms. The van der Waals surface area contributed by atoms with Crippen LogP contribution in [-0.4, -0.2) is 0 Å². The molecule has 1 nitrogen and oxygen atoms in total. The highest BCUT2D eigenvalue weighted by Gasteiger charge is 2.66. The lowest BCUT2D eigenvalue weighted by Gasteiger charge is -2.20. The standard InChI is InChI=1S/C17H15N/c1-16(13-18)12-17(16,14-8-4-2-5-9-14)15-10-6-3-7-11-15/h2-11H,12H2,1H3. The monoisotopic (exact) mass is 233 g/mol. The molecule has 0 aromatic heterocycles. The summed E-state index contributed by atoms with van der Waals surface area (Å²) in [6, 6.07) is 23.3. The zero-order valence-corrected chi connectivity index (χ0v) is 10.4. The van der Waals surface area contributed by atoms with Gasteiger partial charge in [-0.1, -0.05) is 60.7 Å². The van der Waals surface area contributed by atoms with E-state index in [2.05, 4.69) is 61.5 Å². The van der Waals surface area contributed by atoms with Gasteiger partial charge in [0, 0.05) is 5.41 Å². The van der Waals surface area contributed by atoms with Gasteiger partial charge in [0.05, 0.1) is 11.5 Å². The van der Waals surface area contributed by atoms with Crippen molar-refractivity contribution in [1.29, 1.82) is 5.26 Å². The average molecular weight is 233 g/mol. The van der Waals surface area contributed by atoms with Gasteiger partial charge in [-0.2, -0.15) is 5.26 Å². The summed E-state index contributed by atoms with van der Waals surface area (Å²) in [5.74, 6) is 0. The van der Waals surface area contributed by atoms with Crippen LogP contribution in [0.3, 0.4) is 0 Å². The van der Waals surface area contributed by atoms with Crippen LogP contribution in [0.1, 0.15) is 24.5 Å². The number of rotatable bonds is 2. The SMILES string of the molecule is CC1(C#N)CC1(c1ccccc1)c1ccccc1. The van der Waals surface area contributed by atoms with Crippen LogP contribution in [0, 0.1) is 16.7 Å². The molecule has 1 fully saturated rings. The minimum absolute atomic E-state index is 0.121. The summed E-state index contributed by atoms with van der Waals surface area (Å²) in [5.41, 5.74) is 2.10. The Morgan fingerprint density at radius 1 is 0.889 bits per heavy atom. The topological polar surface area (TPSA) is 23.8 Å². The highest BCUT2D eigenvalue weighted by molar-refractivity contribution is 5.53. The summed E-state index contributed by atoms with van der Waals surface area (Å²) < 4.78 is 0. The molecule has 0 spiro atoms. The van der Waals surface area contributed by atoms with Crippen LogP contribution in [0.5, 0.6) is 0 Å². The number of hydrogen-bond acceptors (Lipinski definition) is 1. The van der Waals surface area contributed by atoms with Crippen LogP contribution in [0.4, 0.5) is 0 Å². The summed E-state index contributed by atoms with van der Waals surface area (Å²) in [4.78, 5) is 0. The molecule has 88 valence electrons. The number of benzene rings is 2. The third-order valence-corrected chi connectivity index (χ3v) is 4.22. The number of nitrogens with zero attached hydrogens (tertiary/aromatic N) is 1. The fraction of sp³-hybridized carbons (Fsp3) is 0.235. The van der Waals surface area contributed by atoms with Crippen LogP contribution >= 0.6 is 0 Å². The van der Waals surface area contributed by atoms with Gasteiger partial charge in [-0.25, -0.2) is 0 Å². The maximum atomic E-state index is 9.47. The first-order chi connectivity index (χ1) is 8.73. The molecule has 0 heterocycles. The average Bonchev–Trinajstić information content (AvgIpc) is 3.09. The first kappa shape index (κ1) is 11.0. The smallest absolute Gasteiger partial charge is 0.0700 e. The third kappa shape index (κ3) is 1.32. The molecule has 2 aromatic rings. The van der Waals surface area contributed by atoms with Crippen molar-refractivity contribution < 1.29 is 0 Å². The maximum Gasteiger partial charge on any atom is 0.0700 e. The molecule has 0 N–H and O–H groups in total. The van der Waals surface area contributed by atoms with E-state index in [-0.39, 0.29) is 10.8 Å². The Kier molecular flexibility index (Phi) is 2.28. The van der Waals surface area contributed by atoms with E-state index in [4.69, 9.17) is 0 Å². The zero-order chi connectivity index (χ0) is 12.6. The molecule has 1 heteroatoms. The Morgan fingerprint density at radius 2 is 1.33 bits per heavy atom. The molecular formula is C17H15N. The lowest BCUT2D eigenvalue weighted by atomic mass is 9.81. The zero-order valence-electron chi connectivity index (χ0n) is 10.4. The molecule has 1 saturated carbocycles. The molecule has 0 radical (unpaired) electrons. The van der Waals surface area contributed by atoms with Crippen LogP contribution in [0.2, 0.25) is 0 Å². The van der Waals surface area contributed by atoms with Crippen molar-refractivity contribution in [3.8, 4) is 6.07 Å². The molecular weight excluding hydrogens is 218 g/mol. The normalized spacial score (nSPS) is 24.2. The predicted octanol–water partition coefficient (Wildman–Crippen LogP) is 3.91. The second-order valence-electron chi connectivity index (χ2n) is 5.26. The fourth-order valence-electron chi connectivity index (χ4n) is 3.07. The molecule has 3 rings (SSSR count). The summed E-state index contributed by atoms with van der Waals surface area (Å²) in [6.07, 6.45) is 0.907. The van der Waals surface area contributed by atoms with E-state index in [0.717, 1.165) is 6.42 Å². The Labute approximate surface area is 108 Å². The number of nitriles is 1. The largest absolute Gasteiger partial charge is 0.198 e. The maximum absolute atomic E-state index is 9.47. The van der Waals surface area contributed by atoms with E-state index in [1.54, 1.807) is 0 Å². The van der Waals surface area contributed by atoms with E-state index in [0.29, 0.717) is 0 Å². The molecule has 18 heavy (non-hydrogen) atoms. The Morgan fingerprint density at radius 3 is 1.67 bits per heavy atom. The van der Waals surface area contributed by atoms with Crippen molar-refractivity contribution in [2.45, 2.75) is 18.8 Å². The molecule has 0 aliphatic heterocycles. The molecule has 2 aromatic carbocycles. The molecule has 1 atom stereocenters. The third-order valence-electron chi connectivity index (χ3n) is 4.22. The van der Waals surface area contributed by atoms with E-state index < -0.39 is 0 Å².